The molecule has 4 heteroatoms. The van der Waals surface area contributed by atoms with E-state index in [-0.39, 0.29) is 0 Å². The molecule has 2 nitrogen and oxygen atoms in total. The predicted molar refractivity (Wildman–Crippen MR) is 91.2 cm³/mol. The number of aromatic nitrogens is 2. The fourth-order valence-corrected chi connectivity index (χ4v) is 3.02. The average molecular weight is 399 g/mol. The summed E-state index contributed by atoms with van der Waals surface area (Å²) < 4.78 is 0.976. The van der Waals surface area contributed by atoms with Gasteiger partial charge in [-0.25, -0.2) is 9.97 Å². The highest BCUT2D eigenvalue weighted by atomic mass is 127. The third-order valence-electron chi connectivity index (χ3n) is 3.58. The highest BCUT2D eigenvalue weighted by Crippen LogP contribution is 2.40. The van der Waals surface area contributed by atoms with Gasteiger partial charge in [0, 0.05) is 5.56 Å². The van der Waals surface area contributed by atoms with Gasteiger partial charge in [0.05, 0.1) is 9.26 Å². The Morgan fingerprint density at radius 3 is 2.50 bits per heavy atom. The maximum absolute atomic E-state index is 6.24. The van der Waals surface area contributed by atoms with Gasteiger partial charge < -0.3 is 0 Å². The van der Waals surface area contributed by atoms with Gasteiger partial charge in [0.1, 0.15) is 5.15 Å². The van der Waals surface area contributed by atoms with E-state index in [9.17, 15) is 0 Å². The number of benzene rings is 1. The molecule has 104 valence electrons. The van der Waals surface area contributed by atoms with E-state index in [0.717, 1.165) is 39.4 Å². The van der Waals surface area contributed by atoms with Crippen molar-refractivity contribution in [3.63, 3.8) is 0 Å². The molecular formula is C16H16ClIN2. The minimum atomic E-state index is 0.560. The lowest BCUT2D eigenvalue weighted by Gasteiger charge is -2.08. The van der Waals surface area contributed by atoms with E-state index in [2.05, 4.69) is 63.7 Å². The van der Waals surface area contributed by atoms with E-state index < -0.39 is 0 Å². The first-order chi connectivity index (χ1) is 9.69. The zero-order chi connectivity index (χ0) is 14.1. The number of aryl methyl sites for hydroxylation is 1. The van der Waals surface area contributed by atoms with E-state index in [1.54, 1.807) is 0 Å². The number of hydrogen-bond acceptors (Lipinski definition) is 2. The Balaban J connectivity index is 1.95. The maximum atomic E-state index is 6.24. The van der Waals surface area contributed by atoms with E-state index in [4.69, 9.17) is 11.6 Å². The molecule has 0 N–H and O–H groups in total. The van der Waals surface area contributed by atoms with Gasteiger partial charge in [-0.3, -0.25) is 0 Å². The summed E-state index contributed by atoms with van der Waals surface area (Å²) >= 11 is 8.47. The highest BCUT2D eigenvalue weighted by molar-refractivity contribution is 14.1. The van der Waals surface area contributed by atoms with Gasteiger partial charge in [0.25, 0.3) is 0 Å². The first kappa shape index (κ1) is 14.3. The Labute approximate surface area is 138 Å². The van der Waals surface area contributed by atoms with Gasteiger partial charge in [-0.05, 0) is 53.3 Å². The predicted octanol–water partition coefficient (Wildman–Crippen LogP) is 5.23. The molecule has 0 radical (unpaired) electrons. The van der Waals surface area contributed by atoms with Crippen LogP contribution in [0.3, 0.4) is 0 Å². The second-order valence-corrected chi connectivity index (χ2v) is 6.68. The molecular weight excluding hydrogens is 383 g/mol. The van der Waals surface area contributed by atoms with Gasteiger partial charge in [-0.15, -0.1) is 0 Å². The minimum Gasteiger partial charge on any atom is -0.232 e. The van der Waals surface area contributed by atoms with Crippen LogP contribution in [0.25, 0.3) is 11.4 Å². The van der Waals surface area contributed by atoms with E-state index in [1.165, 1.54) is 18.4 Å². The molecule has 0 amide bonds. The van der Waals surface area contributed by atoms with Gasteiger partial charge in [0.2, 0.25) is 0 Å². The lowest BCUT2D eigenvalue weighted by atomic mass is 10.1. The van der Waals surface area contributed by atoms with Gasteiger partial charge in [-0.2, -0.15) is 0 Å². The Morgan fingerprint density at radius 2 is 1.90 bits per heavy atom. The van der Waals surface area contributed by atoms with Gasteiger partial charge in [-0.1, -0.05) is 49.2 Å². The monoisotopic (exact) mass is 398 g/mol. The van der Waals surface area contributed by atoms with Gasteiger partial charge >= 0.3 is 0 Å². The van der Waals surface area contributed by atoms with Crippen molar-refractivity contribution in [2.75, 3.05) is 0 Å². The molecule has 0 saturated heterocycles. The lowest BCUT2D eigenvalue weighted by Crippen LogP contribution is -2.00. The summed E-state index contributed by atoms with van der Waals surface area (Å²) in [6, 6.07) is 8.62. The van der Waals surface area contributed by atoms with Crippen LogP contribution in [0.15, 0.2) is 24.3 Å². The molecule has 1 aliphatic carbocycles. The van der Waals surface area contributed by atoms with Crippen LogP contribution in [0.5, 0.6) is 0 Å². The fraction of sp³-hybridized carbons (Fsp3) is 0.375. The largest absolute Gasteiger partial charge is 0.232 e. The summed E-state index contributed by atoms with van der Waals surface area (Å²) in [5.41, 5.74) is 3.53. The zero-order valence-electron chi connectivity index (χ0n) is 11.4. The first-order valence-corrected chi connectivity index (χ1v) is 8.47. The van der Waals surface area contributed by atoms with E-state index in [1.807, 2.05) is 0 Å². The van der Waals surface area contributed by atoms with Crippen LogP contribution < -0.4 is 0 Å². The van der Waals surface area contributed by atoms with Crippen molar-refractivity contribution in [2.45, 2.75) is 38.5 Å². The van der Waals surface area contributed by atoms with Crippen LogP contribution in [-0.4, -0.2) is 9.97 Å². The average Bonchev–Trinajstić information content (AvgIpc) is 3.29. The summed E-state index contributed by atoms with van der Waals surface area (Å²) in [6.45, 7) is 2.15. The Kier molecular flexibility index (Phi) is 4.26. The first-order valence-electron chi connectivity index (χ1n) is 7.01. The molecule has 0 unspecified atom stereocenters. The normalized spacial score (nSPS) is 14.6. The molecule has 3 rings (SSSR count). The SMILES string of the molecule is CCCc1nc(-c2ccc(C3CC3)cc2)nc(Cl)c1I. The lowest BCUT2D eigenvalue weighted by molar-refractivity contribution is 0.867. The molecule has 20 heavy (non-hydrogen) atoms. The van der Waals surface area contributed by atoms with Crippen LogP contribution in [0, 0.1) is 3.57 Å². The number of halogens is 2. The standard InChI is InChI=1S/C16H16ClIN2/c1-2-3-13-14(18)15(17)20-16(19-13)12-8-6-11(7-9-12)10-4-5-10/h6-10H,2-5H2,1H3. The second-order valence-electron chi connectivity index (χ2n) is 5.24. The summed E-state index contributed by atoms with van der Waals surface area (Å²) in [5, 5.41) is 0.560. The fourth-order valence-electron chi connectivity index (χ4n) is 2.32. The molecule has 1 fully saturated rings. The van der Waals surface area contributed by atoms with Crippen molar-refractivity contribution in [3.05, 3.63) is 44.2 Å². The molecule has 1 aromatic carbocycles. The van der Waals surface area contributed by atoms with E-state index >= 15 is 0 Å². The van der Waals surface area contributed by atoms with Crippen molar-refractivity contribution in [1.82, 2.24) is 9.97 Å². The Hall–Kier alpha value is -0.680. The molecule has 1 aromatic heterocycles. The second kappa shape index (κ2) is 5.98. The minimum absolute atomic E-state index is 0.560. The third kappa shape index (κ3) is 2.98. The van der Waals surface area contributed by atoms with Crippen LogP contribution in [-0.2, 0) is 6.42 Å². The summed E-state index contributed by atoms with van der Waals surface area (Å²) in [6.07, 6.45) is 4.65. The van der Waals surface area contributed by atoms with Crippen molar-refractivity contribution in [2.24, 2.45) is 0 Å². The smallest absolute Gasteiger partial charge is 0.161 e. The van der Waals surface area contributed by atoms with Crippen LogP contribution in [0.1, 0.15) is 43.4 Å². The molecule has 0 atom stereocenters. The summed E-state index contributed by atoms with van der Waals surface area (Å²) in [5.74, 6) is 1.52. The van der Waals surface area contributed by atoms with Crippen molar-refractivity contribution < 1.29 is 0 Å². The summed E-state index contributed by atoms with van der Waals surface area (Å²) in [4.78, 5) is 9.10. The Morgan fingerprint density at radius 1 is 1.20 bits per heavy atom. The molecule has 0 bridgehead atoms. The van der Waals surface area contributed by atoms with Crippen LogP contribution in [0.2, 0.25) is 5.15 Å². The maximum Gasteiger partial charge on any atom is 0.161 e. The quantitative estimate of drug-likeness (QED) is 0.520. The molecule has 1 saturated carbocycles. The molecule has 0 aliphatic heterocycles. The number of rotatable bonds is 4. The Bertz CT molecular complexity index is 621. The topological polar surface area (TPSA) is 25.8 Å². The van der Waals surface area contributed by atoms with Crippen molar-refractivity contribution in [3.8, 4) is 11.4 Å². The van der Waals surface area contributed by atoms with Crippen LogP contribution in [0.4, 0.5) is 0 Å². The molecule has 0 spiro atoms. The summed E-state index contributed by atoms with van der Waals surface area (Å²) in [7, 11) is 0. The van der Waals surface area contributed by atoms with Crippen LogP contribution >= 0.6 is 34.2 Å². The highest BCUT2D eigenvalue weighted by Gasteiger charge is 2.23. The molecule has 1 aliphatic rings. The zero-order valence-corrected chi connectivity index (χ0v) is 14.3. The molecule has 2 aromatic rings. The molecule has 1 heterocycles. The van der Waals surface area contributed by atoms with E-state index in [0.29, 0.717) is 5.15 Å². The number of nitrogens with zero attached hydrogens (tertiary/aromatic N) is 2. The van der Waals surface area contributed by atoms with Gasteiger partial charge in [0.15, 0.2) is 5.82 Å². The number of hydrogen-bond donors (Lipinski definition) is 0. The van der Waals surface area contributed by atoms with Crippen molar-refractivity contribution >= 4 is 34.2 Å². The van der Waals surface area contributed by atoms with Crippen molar-refractivity contribution in [1.29, 1.82) is 0 Å². The third-order valence-corrected chi connectivity index (χ3v) is 5.31.